The Hall–Kier alpha value is -0.110. The zero-order valence-corrected chi connectivity index (χ0v) is 4.78. The van der Waals surface area contributed by atoms with Gasteiger partial charge >= 0.3 is 0 Å². The monoisotopic (exact) mass is 105 g/mol. The van der Waals surface area contributed by atoms with E-state index in [0.717, 1.165) is 0 Å². The van der Waals surface area contributed by atoms with Crippen molar-refractivity contribution in [3.8, 4) is 0 Å². The number of halogens is 1. The molecule has 0 aromatic rings. The van der Waals surface area contributed by atoms with Crippen LogP contribution < -0.4 is 0 Å². The minimum atomic E-state index is -0.655. The lowest BCUT2D eigenvalue weighted by molar-refractivity contribution is 0.0415. The summed E-state index contributed by atoms with van der Waals surface area (Å²) >= 11 is 0. The molecule has 0 aliphatic rings. The molecule has 0 aromatic heterocycles. The molecule has 1 nitrogen and oxygen atoms in total. The minimum absolute atomic E-state index is 0.441. The molecule has 0 bridgehead atoms. The normalized spacial score (nSPS) is 10.3. The van der Waals surface area contributed by atoms with E-state index in [1.807, 2.05) is 13.8 Å². The lowest BCUT2D eigenvalue weighted by Crippen LogP contribution is -1.99. The van der Waals surface area contributed by atoms with Crippen LogP contribution in [0.5, 0.6) is 0 Å². The van der Waals surface area contributed by atoms with Crippen molar-refractivity contribution in [2.75, 3.05) is 13.5 Å². The van der Waals surface area contributed by atoms with Gasteiger partial charge in [0.05, 0.1) is 6.61 Å². The zero-order valence-electron chi connectivity index (χ0n) is 4.78. The molecule has 2 heteroatoms. The standard InChI is InChI=1S/C5H11FO/c1-5(2)3-7-4-6/h5H,3-4H2,1-2H3/i6-1. The summed E-state index contributed by atoms with van der Waals surface area (Å²) in [7, 11) is 0. The highest BCUT2D eigenvalue weighted by molar-refractivity contribution is 4.35. The van der Waals surface area contributed by atoms with Gasteiger partial charge < -0.3 is 4.74 Å². The Balaban J connectivity index is 2.68. The van der Waals surface area contributed by atoms with Gasteiger partial charge in [0, 0.05) is 0 Å². The summed E-state index contributed by atoms with van der Waals surface area (Å²) < 4.78 is 15.6. The molecular weight excluding hydrogens is 94.1 g/mol. The van der Waals surface area contributed by atoms with E-state index in [0.29, 0.717) is 12.5 Å². The van der Waals surface area contributed by atoms with E-state index in [4.69, 9.17) is 0 Å². The van der Waals surface area contributed by atoms with Crippen molar-refractivity contribution < 1.29 is 9.13 Å². The zero-order chi connectivity index (χ0) is 5.70. The second-order valence-electron chi connectivity index (χ2n) is 1.87. The quantitative estimate of drug-likeness (QED) is 0.529. The fourth-order valence-electron chi connectivity index (χ4n) is 0.280. The van der Waals surface area contributed by atoms with E-state index in [2.05, 4.69) is 4.74 Å². The third-order valence-electron chi connectivity index (χ3n) is 0.528. The molecule has 7 heavy (non-hydrogen) atoms. The van der Waals surface area contributed by atoms with Gasteiger partial charge in [-0.3, -0.25) is 0 Å². The van der Waals surface area contributed by atoms with Gasteiger partial charge in [0.1, 0.15) is 0 Å². The molecule has 0 radical (unpaired) electrons. The molecular formula is C5H11FO. The van der Waals surface area contributed by atoms with Crippen molar-refractivity contribution in [1.82, 2.24) is 0 Å². The van der Waals surface area contributed by atoms with Crippen LogP contribution in [0, 0.1) is 5.92 Å². The summed E-state index contributed by atoms with van der Waals surface area (Å²) in [6.45, 7) is 3.83. The first-order valence-corrected chi connectivity index (χ1v) is 2.41. The topological polar surface area (TPSA) is 9.23 Å². The number of hydrogen-bond acceptors (Lipinski definition) is 1. The Morgan fingerprint density at radius 1 is 1.57 bits per heavy atom. The van der Waals surface area contributed by atoms with Gasteiger partial charge in [-0.05, 0) is 5.92 Å². The summed E-state index contributed by atoms with van der Waals surface area (Å²) in [5.74, 6) is 0.441. The van der Waals surface area contributed by atoms with Gasteiger partial charge in [0.25, 0.3) is 0 Å². The van der Waals surface area contributed by atoms with Crippen molar-refractivity contribution in [2.45, 2.75) is 13.8 Å². The second kappa shape index (κ2) is 4.06. The molecule has 0 saturated heterocycles. The van der Waals surface area contributed by atoms with Crippen LogP contribution in [0.25, 0.3) is 0 Å². The van der Waals surface area contributed by atoms with Crippen LogP contribution in [0.2, 0.25) is 0 Å². The SMILES string of the molecule is CC(C)COC[18F]. The van der Waals surface area contributed by atoms with Crippen LogP contribution in [0.15, 0.2) is 0 Å². The first-order valence-electron chi connectivity index (χ1n) is 2.41. The van der Waals surface area contributed by atoms with Crippen molar-refractivity contribution in [2.24, 2.45) is 5.92 Å². The average Bonchev–Trinajstić information content (AvgIpc) is 1.61. The summed E-state index contributed by atoms with van der Waals surface area (Å²) in [6, 6.07) is 0. The van der Waals surface area contributed by atoms with Crippen LogP contribution in [0.3, 0.4) is 0 Å². The first-order chi connectivity index (χ1) is 3.27. The molecule has 0 aromatic carbocycles. The Labute approximate surface area is 43.5 Å². The largest absolute Gasteiger partial charge is 0.350 e. The summed E-state index contributed by atoms with van der Waals surface area (Å²) in [5, 5.41) is 0. The summed E-state index contributed by atoms with van der Waals surface area (Å²) in [6.07, 6.45) is 0. The number of ether oxygens (including phenoxy) is 1. The van der Waals surface area contributed by atoms with Crippen molar-refractivity contribution in [3.63, 3.8) is 0 Å². The Bertz CT molecular complexity index is 37.1. The van der Waals surface area contributed by atoms with E-state index < -0.39 is 6.86 Å². The van der Waals surface area contributed by atoms with Crippen LogP contribution >= 0.6 is 0 Å². The fraction of sp³-hybridized carbons (Fsp3) is 1.00. The maximum absolute atomic E-state index is 11.1. The van der Waals surface area contributed by atoms with Gasteiger partial charge in [0.2, 0.25) is 0 Å². The molecule has 0 N–H and O–H groups in total. The third-order valence-corrected chi connectivity index (χ3v) is 0.528. The molecule has 0 fully saturated rings. The molecule has 0 atom stereocenters. The molecule has 0 rings (SSSR count). The lowest BCUT2D eigenvalue weighted by Gasteiger charge is -1.99. The van der Waals surface area contributed by atoms with Gasteiger partial charge in [-0.25, -0.2) is 4.39 Å². The van der Waals surface area contributed by atoms with Gasteiger partial charge in [-0.1, -0.05) is 13.8 Å². The van der Waals surface area contributed by atoms with E-state index in [9.17, 15) is 4.39 Å². The number of rotatable bonds is 3. The molecule has 0 amide bonds. The third kappa shape index (κ3) is 5.89. The highest BCUT2D eigenvalue weighted by atomic mass is 18.2. The van der Waals surface area contributed by atoms with Gasteiger partial charge in [-0.15, -0.1) is 0 Å². The highest BCUT2D eigenvalue weighted by Gasteiger charge is 1.89. The summed E-state index contributed by atoms with van der Waals surface area (Å²) in [5.41, 5.74) is 0. The van der Waals surface area contributed by atoms with Crippen molar-refractivity contribution in [3.05, 3.63) is 0 Å². The fourth-order valence-corrected chi connectivity index (χ4v) is 0.280. The average molecular weight is 105 g/mol. The van der Waals surface area contributed by atoms with Crippen LogP contribution in [-0.2, 0) is 4.74 Å². The smallest absolute Gasteiger partial charge is 0.188 e. The maximum Gasteiger partial charge on any atom is 0.188 e. The van der Waals surface area contributed by atoms with Crippen LogP contribution in [0.1, 0.15) is 13.8 Å². The van der Waals surface area contributed by atoms with Gasteiger partial charge in [0.15, 0.2) is 6.86 Å². The lowest BCUT2D eigenvalue weighted by atomic mass is 10.2. The molecule has 0 spiro atoms. The maximum atomic E-state index is 11.1. The van der Waals surface area contributed by atoms with Crippen LogP contribution in [0.4, 0.5) is 4.39 Å². The first kappa shape index (κ1) is 6.89. The molecule has 0 aliphatic carbocycles. The minimum Gasteiger partial charge on any atom is -0.350 e. The predicted molar refractivity (Wildman–Crippen MR) is 26.8 cm³/mol. The predicted octanol–water partition coefficient (Wildman–Crippen LogP) is 1.59. The number of alkyl halides is 1. The second-order valence-corrected chi connectivity index (χ2v) is 1.87. The van der Waals surface area contributed by atoms with Crippen LogP contribution in [-0.4, -0.2) is 13.5 Å². The summed E-state index contributed by atoms with van der Waals surface area (Å²) in [4.78, 5) is 0. The number of hydrogen-bond donors (Lipinski definition) is 0. The van der Waals surface area contributed by atoms with E-state index in [1.54, 1.807) is 0 Å². The van der Waals surface area contributed by atoms with Crippen molar-refractivity contribution in [1.29, 1.82) is 0 Å². The molecule has 0 aliphatic heterocycles. The van der Waals surface area contributed by atoms with E-state index >= 15 is 0 Å². The van der Waals surface area contributed by atoms with Gasteiger partial charge in [-0.2, -0.15) is 0 Å². The molecule has 0 unspecified atom stereocenters. The molecule has 0 saturated carbocycles. The molecule has 44 valence electrons. The van der Waals surface area contributed by atoms with Crippen molar-refractivity contribution >= 4 is 0 Å². The Kier molecular flexibility index (Phi) is 4.00. The Morgan fingerprint density at radius 2 is 2.14 bits per heavy atom. The highest BCUT2D eigenvalue weighted by Crippen LogP contribution is 1.90. The Morgan fingerprint density at radius 3 is 2.29 bits per heavy atom. The molecule has 0 heterocycles. The van der Waals surface area contributed by atoms with E-state index in [-0.39, 0.29) is 0 Å². The van der Waals surface area contributed by atoms with E-state index in [1.165, 1.54) is 0 Å².